The van der Waals surface area contributed by atoms with Gasteiger partial charge in [0.2, 0.25) is 11.8 Å². The van der Waals surface area contributed by atoms with Gasteiger partial charge in [0.1, 0.15) is 6.61 Å². The Morgan fingerprint density at radius 2 is 1.87 bits per heavy atom. The van der Waals surface area contributed by atoms with Gasteiger partial charge in [0.15, 0.2) is 0 Å². The van der Waals surface area contributed by atoms with Crippen LogP contribution in [0.25, 0.3) is 11.1 Å². The van der Waals surface area contributed by atoms with Crippen molar-refractivity contribution in [3.8, 4) is 11.1 Å². The Labute approximate surface area is 179 Å². The molecule has 0 aliphatic carbocycles. The normalized spacial score (nSPS) is 18.6. The molecule has 1 fully saturated rings. The third-order valence-electron chi connectivity index (χ3n) is 5.73. The van der Waals surface area contributed by atoms with Crippen LogP contribution in [-0.2, 0) is 20.7 Å². The number of likely N-dealkylation sites (tertiary alicyclic amines) is 1. The molecule has 0 saturated carbocycles. The average molecular weight is 409 g/mol. The molecule has 1 heterocycles. The highest BCUT2D eigenvalue weighted by Gasteiger charge is 2.46. The quantitative estimate of drug-likeness (QED) is 0.762. The average Bonchev–Trinajstić information content (AvgIpc) is 3.14. The van der Waals surface area contributed by atoms with E-state index in [0.717, 1.165) is 16.7 Å². The summed E-state index contributed by atoms with van der Waals surface area (Å²) in [5.74, 6) is -0.0453. The molecule has 2 aromatic carbocycles. The van der Waals surface area contributed by atoms with Crippen LogP contribution in [0.15, 0.2) is 48.5 Å². The first-order chi connectivity index (χ1) is 14.3. The number of methoxy groups -OCH3 is 1. The van der Waals surface area contributed by atoms with Gasteiger partial charge < -0.3 is 15.0 Å². The van der Waals surface area contributed by atoms with Gasteiger partial charge in [-0.2, -0.15) is 0 Å². The number of hydrogen-bond acceptors (Lipinski definition) is 3. The van der Waals surface area contributed by atoms with Gasteiger partial charge in [0, 0.05) is 26.2 Å². The number of carbonyl (C=O) groups is 2. The van der Waals surface area contributed by atoms with Gasteiger partial charge in [-0.3, -0.25) is 9.59 Å². The van der Waals surface area contributed by atoms with Crippen LogP contribution < -0.4 is 5.32 Å². The second-order valence-electron chi connectivity index (χ2n) is 8.65. The molecule has 0 spiro atoms. The molecule has 3 rings (SSSR count). The van der Waals surface area contributed by atoms with Crippen LogP contribution >= 0.6 is 0 Å². The third kappa shape index (κ3) is 5.08. The van der Waals surface area contributed by atoms with Crippen molar-refractivity contribution in [3.05, 3.63) is 59.7 Å². The van der Waals surface area contributed by atoms with Crippen molar-refractivity contribution < 1.29 is 14.3 Å². The van der Waals surface area contributed by atoms with Gasteiger partial charge in [-0.25, -0.2) is 0 Å². The molecule has 5 nitrogen and oxygen atoms in total. The van der Waals surface area contributed by atoms with Gasteiger partial charge in [-0.15, -0.1) is 0 Å². The van der Waals surface area contributed by atoms with Gasteiger partial charge in [0.25, 0.3) is 0 Å². The number of amides is 2. The molecule has 0 radical (unpaired) electrons. The predicted octanol–water partition coefficient (Wildman–Crippen LogP) is 3.59. The summed E-state index contributed by atoms with van der Waals surface area (Å²) in [5.41, 5.74) is 4.00. The topological polar surface area (TPSA) is 58.6 Å². The van der Waals surface area contributed by atoms with Gasteiger partial charge in [-0.05, 0) is 50.3 Å². The molecule has 1 unspecified atom stereocenters. The standard InChI is InChI=1S/C25H32N2O3/c1-18(2)26-24(29)25(12-13-27(17-25)23(28)16-30-4)15-20-6-5-7-22(14-20)21-10-8-19(3)9-11-21/h5-11,14,18H,12-13,15-17H2,1-4H3,(H,26,29). The number of carbonyl (C=O) groups excluding carboxylic acids is 2. The van der Waals surface area contributed by atoms with E-state index >= 15 is 0 Å². The minimum atomic E-state index is -0.625. The Morgan fingerprint density at radius 1 is 1.13 bits per heavy atom. The lowest BCUT2D eigenvalue weighted by Gasteiger charge is -2.29. The van der Waals surface area contributed by atoms with Crippen LogP contribution in [-0.4, -0.2) is 49.6 Å². The van der Waals surface area contributed by atoms with E-state index in [1.54, 1.807) is 4.90 Å². The minimum absolute atomic E-state index is 0.0194. The molecule has 2 amide bonds. The van der Waals surface area contributed by atoms with E-state index in [1.807, 2.05) is 19.9 Å². The van der Waals surface area contributed by atoms with Crippen LogP contribution in [0.2, 0.25) is 0 Å². The fourth-order valence-electron chi connectivity index (χ4n) is 4.12. The number of nitrogens with one attached hydrogen (secondary N) is 1. The fourth-order valence-corrected chi connectivity index (χ4v) is 4.12. The highest BCUT2D eigenvalue weighted by molar-refractivity contribution is 5.86. The number of rotatable bonds is 7. The number of hydrogen-bond donors (Lipinski definition) is 1. The molecule has 2 aromatic rings. The summed E-state index contributed by atoms with van der Waals surface area (Å²) in [7, 11) is 1.52. The molecule has 1 aliphatic rings. The SMILES string of the molecule is COCC(=O)N1CCC(Cc2cccc(-c3ccc(C)cc3)c2)(C(=O)NC(C)C)C1. The largest absolute Gasteiger partial charge is 0.375 e. The van der Waals surface area contributed by atoms with E-state index in [1.165, 1.54) is 12.7 Å². The smallest absolute Gasteiger partial charge is 0.248 e. The van der Waals surface area contributed by atoms with E-state index in [9.17, 15) is 9.59 Å². The van der Waals surface area contributed by atoms with Crippen molar-refractivity contribution in [1.82, 2.24) is 10.2 Å². The van der Waals surface area contributed by atoms with E-state index < -0.39 is 5.41 Å². The molecule has 0 aromatic heterocycles. The lowest BCUT2D eigenvalue weighted by Crippen LogP contribution is -2.47. The Bertz CT molecular complexity index is 892. The summed E-state index contributed by atoms with van der Waals surface area (Å²) < 4.78 is 5.01. The van der Waals surface area contributed by atoms with Crippen molar-refractivity contribution in [2.75, 3.05) is 26.8 Å². The van der Waals surface area contributed by atoms with E-state index in [-0.39, 0.29) is 24.5 Å². The lowest BCUT2D eigenvalue weighted by atomic mass is 9.79. The summed E-state index contributed by atoms with van der Waals surface area (Å²) in [6.07, 6.45) is 1.25. The molecule has 1 saturated heterocycles. The van der Waals surface area contributed by atoms with Crippen molar-refractivity contribution in [3.63, 3.8) is 0 Å². The first kappa shape index (κ1) is 22.0. The van der Waals surface area contributed by atoms with Crippen LogP contribution in [0.1, 0.15) is 31.4 Å². The van der Waals surface area contributed by atoms with E-state index in [0.29, 0.717) is 25.9 Å². The van der Waals surface area contributed by atoms with Crippen molar-refractivity contribution >= 4 is 11.8 Å². The van der Waals surface area contributed by atoms with Crippen LogP contribution in [0.3, 0.4) is 0 Å². The summed E-state index contributed by atoms with van der Waals surface area (Å²) in [6, 6.07) is 16.9. The Morgan fingerprint density at radius 3 is 2.53 bits per heavy atom. The Balaban J connectivity index is 1.87. The minimum Gasteiger partial charge on any atom is -0.375 e. The second-order valence-corrected chi connectivity index (χ2v) is 8.65. The van der Waals surface area contributed by atoms with Crippen molar-refractivity contribution in [1.29, 1.82) is 0 Å². The molecule has 1 aliphatic heterocycles. The summed E-state index contributed by atoms with van der Waals surface area (Å²) >= 11 is 0. The first-order valence-electron chi connectivity index (χ1n) is 10.6. The number of benzene rings is 2. The maximum Gasteiger partial charge on any atom is 0.248 e. The molecule has 160 valence electrons. The van der Waals surface area contributed by atoms with E-state index in [4.69, 9.17) is 4.74 Å². The maximum absolute atomic E-state index is 13.2. The Kier molecular flexibility index (Phi) is 6.93. The molecule has 1 N–H and O–H groups in total. The number of ether oxygens (including phenoxy) is 1. The predicted molar refractivity (Wildman–Crippen MR) is 119 cm³/mol. The molecular formula is C25H32N2O3. The first-order valence-corrected chi connectivity index (χ1v) is 10.6. The molecule has 30 heavy (non-hydrogen) atoms. The van der Waals surface area contributed by atoms with Gasteiger partial charge in [-0.1, -0.05) is 54.1 Å². The molecule has 0 bridgehead atoms. The summed E-state index contributed by atoms with van der Waals surface area (Å²) in [4.78, 5) is 27.3. The highest BCUT2D eigenvalue weighted by atomic mass is 16.5. The zero-order valence-corrected chi connectivity index (χ0v) is 18.4. The monoisotopic (exact) mass is 408 g/mol. The summed E-state index contributed by atoms with van der Waals surface area (Å²) in [5, 5.41) is 3.08. The lowest BCUT2D eigenvalue weighted by molar-refractivity contribution is -0.136. The maximum atomic E-state index is 13.2. The molecule has 1 atom stereocenters. The number of nitrogens with zero attached hydrogens (tertiary/aromatic N) is 1. The highest BCUT2D eigenvalue weighted by Crippen LogP contribution is 2.36. The summed E-state index contributed by atoms with van der Waals surface area (Å²) in [6.45, 7) is 7.05. The van der Waals surface area contributed by atoms with Crippen molar-refractivity contribution in [2.45, 2.75) is 39.7 Å². The van der Waals surface area contributed by atoms with Crippen molar-refractivity contribution in [2.24, 2.45) is 5.41 Å². The molecule has 5 heteroatoms. The zero-order chi connectivity index (χ0) is 21.7. The fraction of sp³-hybridized carbons (Fsp3) is 0.440. The van der Waals surface area contributed by atoms with Gasteiger partial charge >= 0.3 is 0 Å². The van der Waals surface area contributed by atoms with Gasteiger partial charge in [0.05, 0.1) is 5.41 Å². The van der Waals surface area contributed by atoms with Crippen LogP contribution in [0.4, 0.5) is 0 Å². The zero-order valence-electron chi connectivity index (χ0n) is 18.4. The number of aryl methyl sites for hydroxylation is 1. The van der Waals surface area contributed by atoms with Crippen LogP contribution in [0, 0.1) is 12.3 Å². The van der Waals surface area contributed by atoms with Crippen LogP contribution in [0.5, 0.6) is 0 Å². The molecular weight excluding hydrogens is 376 g/mol. The Hall–Kier alpha value is -2.66. The third-order valence-corrected chi connectivity index (χ3v) is 5.73. The van der Waals surface area contributed by atoms with E-state index in [2.05, 4.69) is 54.7 Å². The second kappa shape index (κ2) is 9.43.